The van der Waals surface area contributed by atoms with Crippen LogP contribution >= 0.6 is 0 Å². The van der Waals surface area contributed by atoms with Crippen LogP contribution in [0.4, 0.5) is 0 Å². The predicted molar refractivity (Wildman–Crippen MR) is 128 cm³/mol. The van der Waals surface area contributed by atoms with Crippen molar-refractivity contribution in [2.75, 3.05) is 33.4 Å². The van der Waals surface area contributed by atoms with Gasteiger partial charge in [-0.25, -0.2) is 0 Å². The van der Waals surface area contributed by atoms with Gasteiger partial charge in [-0.1, -0.05) is 30.7 Å². The minimum Gasteiger partial charge on any atom is -0.497 e. The summed E-state index contributed by atoms with van der Waals surface area (Å²) >= 11 is 0. The first-order valence-electron chi connectivity index (χ1n) is 11.8. The third-order valence-corrected chi connectivity index (χ3v) is 6.18. The van der Waals surface area contributed by atoms with Gasteiger partial charge in [0.2, 0.25) is 5.91 Å². The summed E-state index contributed by atoms with van der Waals surface area (Å²) in [4.78, 5) is 17.4. The second-order valence-electron chi connectivity index (χ2n) is 8.70. The number of carbonyl (C=O) groups is 1. The highest BCUT2D eigenvalue weighted by Gasteiger charge is 2.31. The maximum atomic E-state index is 12.9. The molecule has 1 saturated carbocycles. The van der Waals surface area contributed by atoms with Gasteiger partial charge in [-0.3, -0.25) is 9.69 Å². The number of ether oxygens (including phenoxy) is 2. The third-order valence-electron chi connectivity index (χ3n) is 6.18. The van der Waals surface area contributed by atoms with Crippen LogP contribution in [0, 0.1) is 0 Å². The summed E-state index contributed by atoms with van der Waals surface area (Å²) in [6.45, 7) is 4.67. The Labute approximate surface area is 191 Å². The molecule has 170 valence electrons. The lowest BCUT2D eigenvalue weighted by Gasteiger charge is -2.26. The first-order chi connectivity index (χ1) is 15.7. The molecule has 1 saturated heterocycles. The number of piperidine rings is 1. The van der Waals surface area contributed by atoms with Crippen molar-refractivity contribution in [2.24, 2.45) is 0 Å². The van der Waals surface area contributed by atoms with Crippen molar-refractivity contribution in [1.82, 2.24) is 9.80 Å². The van der Waals surface area contributed by atoms with Crippen molar-refractivity contribution < 1.29 is 14.3 Å². The molecule has 4 rings (SSSR count). The van der Waals surface area contributed by atoms with Gasteiger partial charge in [0.1, 0.15) is 18.1 Å². The van der Waals surface area contributed by atoms with E-state index in [0.717, 1.165) is 42.0 Å². The summed E-state index contributed by atoms with van der Waals surface area (Å²) in [5.74, 6) is 1.75. The third kappa shape index (κ3) is 6.60. The molecule has 0 atom stereocenters. The van der Waals surface area contributed by atoms with E-state index in [-0.39, 0.29) is 5.91 Å². The fourth-order valence-electron chi connectivity index (χ4n) is 4.16. The lowest BCUT2D eigenvalue weighted by molar-refractivity contribution is -0.127. The van der Waals surface area contributed by atoms with Gasteiger partial charge in [-0.05, 0) is 80.2 Å². The summed E-state index contributed by atoms with van der Waals surface area (Å²) < 4.78 is 11.2. The minimum atomic E-state index is 0.0553. The van der Waals surface area contributed by atoms with Crippen molar-refractivity contribution >= 4 is 12.0 Å². The summed E-state index contributed by atoms with van der Waals surface area (Å²) in [6, 6.07) is 16.2. The lowest BCUT2D eigenvalue weighted by Crippen LogP contribution is -2.33. The first kappa shape index (κ1) is 22.4. The quantitative estimate of drug-likeness (QED) is 0.506. The SMILES string of the molecule is COc1ccc(C=CC(=O)N(Cc2cccc(OCCN3CCCCC3)c2)C2CC2)cc1. The topological polar surface area (TPSA) is 42.0 Å². The molecule has 0 N–H and O–H groups in total. The Morgan fingerprint density at radius 1 is 1.06 bits per heavy atom. The number of hydrogen-bond acceptors (Lipinski definition) is 4. The number of nitrogens with zero attached hydrogens (tertiary/aromatic N) is 2. The molecule has 2 fully saturated rings. The van der Waals surface area contributed by atoms with Gasteiger partial charge in [0, 0.05) is 25.2 Å². The van der Waals surface area contributed by atoms with E-state index < -0.39 is 0 Å². The number of hydrogen-bond donors (Lipinski definition) is 0. The number of benzene rings is 2. The highest BCUT2D eigenvalue weighted by Crippen LogP contribution is 2.29. The summed E-state index contributed by atoms with van der Waals surface area (Å²) in [7, 11) is 1.65. The zero-order valence-corrected chi connectivity index (χ0v) is 19.0. The highest BCUT2D eigenvalue weighted by atomic mass is 16.5. The molecule has 2 aliphatic rings. The molecule has 1 heterocycles. The Hall–Kier alpha value is -2.79. The molecule has 2 aromatic carbocycles. The Morgan fingerprint density at radius 2 is 1.84 bits per heavy atom. The smallest absolute Gasteiger partial charge is 0.247 e. The standard InChI is InChI=1S/C27H34N2O3/c1-31-25-13-8-22(9-14-25)10-15-27(30)29(24-11-12-24)21-23-6-5-7-26(20-23)32-19-18-28-16-3-2-4-17-28/h5-10,13-15,20,24H,2-4,11-12,16-19,21H2,1H3. The number of methoxy groups -OCH3 is 1. The van der Waals surface area contributed by atoms with Gasteiger partial charge in [-0.2, -0.15) is 0 Å². The minimum absolute atomic E-state index is 0.0553. The van der Waals surface area contributed by atoms with Gasteiger partial charge < -0.3 is 14.4 Å². The zero-order chi connectivity index (χ0) is 22.2. The van der Waals surface area contributed by atoms with Crippen LogP contribution < -0.4 is 9.47 Å². The maximum absolute atomic E-state index is 12.9. The molecule has 0 radical (unpaired) electrons. The summed E-state index contributed by atoms with van der Waals surface area (Å²) in [6.07, 6.45) is 9.66. The predicted octanol–water partition coefficient (Wildman–Crippen LogP) is 4.76. The van der Waals surface area contributed by atoms with Crippen molar-refractivity contribution in [2.45, 2.75) is 44.7 Å². The largest absolute Gasteiger partial charge is 0.497 e. The molecule has 0 aromatic heterocycles. The summed E-state index contributed by atoms with van der Waals surface area (Å²) in [5, 5.41) is 0. The molecule has 32 heavy (non-hydrogen) atoms. The van der Waals surface area contributed by atoms with Crippen LogP contribution in [0.15, 0.2) is 54.6 Å². The molecule has 0 bridgehead atoms. The normalized spacial score (nSPS) is 16.8. The van der Waals surface area contributed by atoms with E-state index in [2.05, 4.69) is 17.0 Å². The van der Waals surface area contributed by atoms with Crippen molar-refractivity contribution in [3.63, 3.8) is 0 Å². The number of rotatable bonds is 10. The molecule has 1 aliphatic carbocycles. The van der Waals surface area contributed by atoms with E-state index >= 15 is 0 Å². The van der Waals surface area contributed by atoms with Crippen molar-refractivity contribution in [3.05, 3.63) is 65.7 Å². The monoisotopic (exact) mass is 434 g/mol. The Morgan fingerprint density at radius 3 is 2.56 bits per heavy atom. The van der Waals surface area contributed by atoms with Gasteiger partial charge in [-0.15, -0.1) is 0 Å². The zero-order valence-electron chi connectivity index (χ0n) is 19.0. The van der Waals surface area contributed by atoms with Gasteiger partial charge in [0.25, 0.3) is 0 Å². The first-order valence-corrected chi connectivity index (χ1v) is 11.8. The van der Waals surface area contributed by atoms with Gasteiger partial charge in [0.15, 0.2) is 0 Å². The second-order valence-corrected chi connectivity index (χ2v) is 8.70. The van der Waals surface area contributed by atoms with E-state index in [1.165, 1.54) is 32.4 Å². The molecule has 0 spiro atoms. The van der Waals surface area contributed by atoms with Crippen LogP contribution in [0.1, 0.15) is 43.2 Å². The van der Waals surface area contributed by atoms with Crippen LogP contribution in [0.5, 0.6) is 11.5 Å². The van der Waals surface area contributed by atoms with E-state index in [4.69, 9.17) is 9.47 Å². The Balaban J connectivity index is 1.32. The van der Waals surface area contributed by atoms with Crippen LogP contribution in [0.3, 0.4) is 0 Å². The maximum Gasteiger partial charge on any atom is 0.247 e. The van der Waals surface area contributed by atoms with Crippen LogP contribution in [-0.4, -0.2) is 55.1 Å². The van der Waals surface area contributed by atoms with Gasteiger partial charge in [0.05, 0.1) is 7.11 Å². The number of likely N-dealkylation sites (tertiary alicyclic amines) is 1. The Bertz CT molecular complexity index is 899. The molecule has 5 heteroatoms. The molecular formula is C27H34N2O3. The van der Waals surface area contributed by atoms with E-state index in [1.54, 1.807) is 13.2 Å². The van der Waals surface area contributed by atoms with E-state index in [9.17, 15) is 4.79 Å². The summed E-state index contributed by atoms with van der Waals surface area (Å²) in [5.41, 5.74) is 2.09. The van der Waals surface area contributed by atoms with Crippen LogP contribution in [0.25, 0.3) is 6.08 Å². The fraction of sp³-hybridized carbons (Fsp3) is 0.444. The molecule has 0 unspecified atom stereocenters. The molecule has 2 aromatic rings. The highest BCUT2D eigenvalue weighted by molar-refractivity contribution is 5.92. The van der Waals surface area contributed by atoms with Crippen molar-refractivity contribution in [1.29, 1.82) is 0 Å². The van der Waals surface area contributed by atoms with Crippen LogP contribution in [-0.2, 0) is 11.3 Å². The molecular weight excluding hydrogens is 400 g/mol. The number of amides is 1. The number of carbonyl (C=O) groups excluding carboxylic acids is 1. The lowest BCUT2D eigenvalue weighted by atomic mass is 10.1. The fourth-order valence-corrected chi connectivity index (χ4v) is 4.16. The Kier molecular flexibility index (Phi) is 7.83. The average molecular weight is 435 g/mol. The van der Waals surface area contributed by atoms with Crippen molar-refractivity contribution in [3.8, 4) is 11.5 Å². The molecule has 1 amide bonds. The second kappa shape index (κ2) is 11.2. The van der Waals surface area contributed by atoms with Gasteiger partial charge >= 0.3 is 0 Å². The van der Waals surface area contributed by atoms with Crippen LogP contribution in [0.2, 0.25) is 0 Å². The van der Waals surface area contributed by atoms with E-state index in [1.807, 2.05) is 47.4 Å². The average Bonchev–Trinajstić information content (AvgIpc) is 3.68. The van der Waals surface area contributed by atoms with E-state index in [0.29, 0.717) is 19.2 Å². The molecule has 5 nitrogen and oxygen atoms in total. The molecule has 1 aliphatic heterocycles.